The number of nitrogens with one attached hydrogen (secondary N) is 1. The average Bonchev–Trinajstić information content (AvgIpc) is 3.07. The number of hydrogen-bond acceptors (Lipinski definition) is 6. The van der Waals surface area contributed by atoms with Crippen molar-refractivity contribution in [2.45, 2.75) is 32.9 Å². The second-order valence-electron chi connectivity index (χ2n) is 6.23. The lowest BCUT2D eigenvalue weighted by atomic mass is 10.1. The molecule has 2 aromatic rings. The summed E-state index contributed by atoms with van der Waals surface area (Å²) in [6.45, 7) is 6.11. The number of nitro groups is 1. The van der Waals surface area contributed by atoms with Crippen LogP contribution in [0.25, 0.3) is 0 Å². The van der Waals surface area contributed by atoms with Crippen molar-refractivity contribution in [1.29, 1.82) is 0 Å². The molecule has 1 aliphatic rings. The first kappa shape index (κ1) is 17.5. The Hall–Kier alpha value is -2.32. The van der Waals surface area contributed by atoms with Crippen LogP contribution in [-0.2, 0) is 13.0 Å². The van der Waals surface area contributed by atoms with Gasteiger partial charge >= 0.3 is 0 Å². The lowest BCUT2D eigenvalue weighted by Gasteiger charge is -2.32. The lowest BCUT2D eigenvalue weighted by Crippen LogP contribution is -2.44. The highest BCUT2D eigenvalue weighted by Gasteiger charge is 2.22. The van der Waals surface area contributed by atoms with Gasteiger partial charge in [0.2, 0.25) is 0 Å². The van der Waals surface area contributed by atoms with Crippen LogP contribution in [-0.4, -0.2) is 39.8 Å². The zero-order chi connectivity index (χ0) is 18.0. The Kier molecular flexibility index (Phi) is 5.10. The molecular weight excluding hydrogens is 340 g/mol. The third-order valence-corrected chi connectivity index (χ3v) is 5.57. The Morgan fingerprint density at radius 2 is 2.36 bits per heavy atom. The Morgan fingerprint density at radius 1 is 1.56 bits per heavy atom. The van der Waals surface area contributed by atoms with Crippen molar-refractivity contribution < 1.29 is 9.72 Å². The number of aromatic nitrogens is 1. The molecule has 132 valence electrons. The summed E-state index contributed by atoms with van der Waals surface area (Å²) >= 11 is 1.80. The van der Waals surface area contributed by atoms with Crippen LogP contribution in [0.5, 0.6) is 0 Å². The molecule has 1 amide bonds. The van der Waals surface area contributed by atoms with Crippen molar-refractivity contribution in [3.8, 4) is 0 Å². The highest BCUT2D eigenvalue weighted by Crippen LogP contribution is 2.25. The third-order valence-electron chi connectivity index (χ3n) is 4.55. The Morgan fingerprint density at radius 3 is 3.12 bits per heavy atom. The van der Waals surface area contributed by atoms with E-state index in [2.05, 4.69) is 33.6 Å². The van der Waals surface area contributed by atoms with E-state index in [1.807, 2.05) is 0 Å². The van der Waals surface area contributed by atoms with Crippen LogP contribution in [0.3, 0.4) is 0 Å². The molecule has 8 heteroatoms. The molecule has 0 aromatic carbocycles. The van der Waals surface area contributed by atoms with Crippen LogP contribution in [0, 0.1) is 17.0 Å². The number of aryl methyl sites for hydroxylation is 1. The highest BCUT2D eigenvalue weighted by molar-refractivity contribution is 7.10. The van der Waals surface area contributed by atoms with Gasteiger partial charge in [0.15, 0.2) is 0 Å². The van der Waals surface area contributed by atoms with Crippen LogP contribution in [0.15, 0.2) is 23.7 Å². The van der Waals surface area contributed by atoms with Gasteiger partial charge in [-0.2, -0.15) is 0 Å². The van der Waals surface area contributed by atoms with Gasteiger partial charge < -0.3 is 5.32 Å². The Labute approximate surface area is 149 Å². The third kappa shape index (κ3) is 3.85. The van der Waals surface area contributed by atoms with E-state index < -0.39 is 4.92 Å². The van der Waals surface area contributed by atoms with Gasteiger partial charge in [0, 0.05) is 36.6 Å². The van der Waals surface area contributed by atoms with Crippen LogP contribution in [0.4, 0.5) is 5.69 Å². The molecule has 2 aromatic heterocycles. The van der Waals surface area contributed by atoms with Gasteiger partial charge in [0.25, 0.3) is 11.6 Å². The SMILES string of the molecule is Cc1ncc([N+](=O)[O-])cc1C(=O)NC[C@@H](C)N1CCc2sccc2C1. The van der Waals surface area contributed by atoms with Gasteiger partial charge in [-0.05, 0) is 37.3 Å². The van der Waals surface area contributed by atoms with Crippen LogP contribution in [0.2, 0.25) is 0 Å². The summed E-state index contributed by atoms with van der Waals surface area (Å²) in [6.07, 6.45) is 2.21. The molecule has 0 unspecified atom stereocenters. The minimum absolute atomic E-state index is 0.176. The second-order valence-corrected chi connectivity index (χ2v) is 7.23. The first-order valence-corrected chi connectivity index (χ1v) is 9.02. The average molecular weight is 360 g/mol. The van der Waals surface area contributed by atoms with E-state index in [-0.39, 0.29) is 23.2 Å². The standard InChI is InChI=1S/C17H20N4O3S/c1-11(20-5-3-16-13(10-20)4-6-25-16)8-19-17(22)15-7-14(21(23)24)9-18-12(15)2/h4,6-7,9,11H,3,5,8,10H2,1-2H3,(H,19,22)/t11-/m1/s1. The number of rotatable bonds is 5. The molecule has 0 aliphatic carbocycles. The first-order valence-electron chi connectivity index (χ1n) is 8.14. The number of fused-ring (bicyclic) bond motifs is 1. The van der Waals surface area contributed by atoms with E-state index in [0.717, 1.165) is 19.5 Å². The molecule has 7 nitrogen and oxygen atoms in total. The van der Waals surface area contributed by atoms with E-state index in [0.29, 0.717) is 12.2 Å². The molecule has 0 saturated carbocycles. The van der Waals surface area contributed by atoms with Gasteiger partial charge in [0.05, 0.1) is 16.2 Å². The van der Waals surface area contributed by atoms with Crippen LogP contribution >= 0.6 is 11.3 Å². The van der Waals surface area contributed by atoms with E-state index >= 15 is 0 Å². The zero-order valence-corrected chi connectivity index (χ0v) is 15.0. The summed E-state index contributed by atoms with van der Waals surface area (Å²) < 4.78 is 0. The number of hydrogen-bond donors (Lipinski definition) is 1. The van der Waals surface area contributed by atoms with Crippen molar-refractivity contribution in [3.63, 3.8) is 0 Å². The maximum absolute atomic E-state index is 12.4. The molecule has 0 saturated heterocycles. The molecule has 0 radical (unpaired) electrons. The molecular formula is C17H20N4O3S. The first-order chi connectivity index (χ1) is 12.0. The minimum atomic E-state index is -0.544. The van der Waals surface area contributed by atoms with Crippen LogP contribution in [0.1, 0.15) is 33.4 Å². The number of nitrogens with zero attached hydrogens (tertiary/aromatic N) is 3. The Balaban J connectivity index is 1.61. The number of carbonyl (C=O) groups excluding carboxylic acids is 1. The van der Waals surface area contributed by atoms with E-state index in [1.165, 1.54) is 22.7 Å². The monoisotopic (exact) mass is 360 g/mol. The topological polar surface area (TPSA) is 88.4 Å². The summed E-state index contributed by atoms with van der Waals surface area (Å²) in [5.74, 6) is -0.325. The number of pyridine rings is 1. The quantitative estimate of drug-likeness (QED) is 0.654. The fraction of sp³-hybridized carbons (Fsp3) is 0.412. The maximum Gasteiger partial charge on any atom is 0.288 e. The van der Waals surface area contributed by atoms with Gasteiger partial charge in [-0.15, -0.1) is 11.3 Å². The largest absolute Gasteiger partial charge is 0.350 e. The van der Waals surface area contributed by atoms with Gasteiger partial charge in [0.1, 0.15) is 6.20 Å². The molecule has 3 rings (SSSR count). The highest BCUT2D eigenvalue weighted by atomic mass is 32.1. The second kappa shape index (κ2) is 7.28. The predicted molar refractivity (Wildman–Crippen MR) is 95.9 cm³/mol. The number of carbonyl (C=O) groups is 1. The molecule has 1 aliphatic heterocycles. The van der Waals surface area contributed by atoms with Crippen molar-refractivity contribution in [3.05, 3.63) is 55.5 Å². The summed E-state index contributed by atoms with van der Waals surface area (Å²) in [4.78, 5) is 30.5. The zero-order valence-electron chi connectivity index (χ0n) is 14.2. The lowest BCUT2D eigenvalue weighted by molar-refractivity contribution is -0.385. The van der Waals surface area contributed by atoms with Gasteiger partial charge in [-0.1, -0.05) is 0 Å². The molecule has 0 fully saturated rings. The Bertz CT molecular complexity index is 805. The number of thiophene rings is 1. The predicted octanol–water partition coefficient (Wildman–Crippen LogP) is 2.54. The smallest absolute Gasteiger partial charge is 0.288 e. The summed E-state index contributed by atoms with van der Waals surface area (Å²) in [6, 6.07) is 3.63. The molecule has 25 heavy (non-hydrogen) atoms. The normalized spacial score (nSPS) is 15.4. The minimum Gasteiger partial charge on any atom is -0.350 e. The van der Waals surface area contributed by atoms with E-state index in [9.17, 15) is 14.9 Å². The maximum atomic E-state index is 12.4. The van der Waals surface area contributed by atoms with Gasteiger partial charge in [-0.25, -0.2) is 0 Å². The summed E-state index contributed by atoms with van der Waals surface area (Å²) in [7, 11) is 0. The van der Waals surface area contributed by atoms with Gasteiger partial charge in [-0.3, -0.25) is 24.8 Å². The molecule has 0 bridgehead atoms. The van der Waals surface area contributed by atoms with Crippen molar-refractivity contribution in [1.82, 2.24) is 15.2 Å². The molecule has 3 heterocycles. The molecule has 1 N–H and O–H groups in total. The number of amides is 1. The van der Waals surface area contributed by atoms with Crippen molar-refractivity contribution in [2.24, 2.45) is 0 Å². The van der Waals surface area contributed by atoms with Crippen molar-refractivity contribution >= 4 is 22.9 Å². The van der Waals surface area contributed by atoms with E-state index in [1.54, 1.807) is 18.3 Å². The molecule has 1 atom stereocenters. The van der Waals surface area contributed by atoms with Crippen molar-refractivity contribution in [2.75, 3.05) is 13.1 Å². The summed E-state index contributed by atoms with van der Waals surface area (Å²) in [5, 5.41) is 15.9. The molecule has 0 spiro atoms. The van der Waals surface area contributed by atoms with Crippen LogP contribution < -0.4 is 5.32 Å². The fourth-order valence-electron chi connectivity index (χ4n) is 2.96. The fourth-order valence-corrected chi connectivity index (χ4v) is 3.85. The van der Waals surface area contributed by atoms with E-state index in [4.69, 9.17) is 0 Å². The summed E-state index contributed by atoms with van der Waals surface area (Å²) in [5.41, 5.74) is 1.93.